The Morgan fingerprint density at radius 3 is 3.04 bits per heavy atom. The first-order valence-electron chi connectivity index (χ1n) is 9.74. The summed E-state index contributed by atoms with van der Waals surface area (Å²) < 4.78 is 6.07. The molecule has 1 aromatic carbocycles. The minimum absolute atomic E-state index is 0.0883. The summed E-state index contributed by atoms with van der Waals surface area (Å²) in [6, 6.07) is 12.4. The maximum absolute atomic E-state index is 11.4. The fourth-order valence-electron chi connectivity index (χ4n) is 3.92. The van der Waals surface area contributed by atoms with E-state index >= 15 is 0 Å². The van der Waals surface area contributed by atoms with Crippen LogP contribution in [0, 0.1) is 5.92 Å². The van der Waals surface area contributed by atoms with E-state index in [4.69, 9.17) is 9.72 Å². The van der Waals surface area contributed by atoms with Crippen LogP contribution in [0.5, 0.6) is 5.88 Å². The average molecular weight is 374 g/mol. The Hall–Kier alpha value is -2.99. The molecule has 0 spiro atoms. The van der Waals surface area contributed by atoms with Crippen molar-refractivity contribution in [2.24, 2.45) is 5.92 Å². The van der Waals surface area contributed by atoms with Gasteiger partial charge in [-0.2, -0.15) is 0 Å². The molecule has 0 bridgehead atoms. The second-order valence-corrected chi connectivity index (χ2v) is 7.48. The molecule has 1 saturated heterocycles. The fourth-order valence-corrected chi connectivity index (χ4v) is 3.92. The number of rotatable bonds is 4. The number of nitrogens with zero attached hydrogens (tertiary/aromatic N) is 2. The molecular formula is C22H22N4O2. The first-order chi connectivity index (χ1) is 13.8. The number of carbonyl (C=O) groups excluding carboxylic acids is 1. The third-order valence-electron chi connectivity index (χ3n) is 5.47. The second kappa shape index (κ2) is 7.20. The van der Waals surface area contributed by atoms with E-state index in [-0.39, 0.29) is 11.8 Å². The number of carbonyl (C=O) groups is 1. The van der Waals surface area contributed by atoms with E-state index in [2.05, 4.69) is 33.8 Å². The molecule has 0 aliphatic carbocycles. The first kappa shape index (κ1) is 17.1. The zero-order chi connectivity index (χ0) is 18.9. The molecule has 1 unspecified atom stereocenters. The number of nitrogens with one attached hydrogen (secondary N) is 2. The van der Waals surface area contributed by atoms with Crippen LogP contribution in [0.2, 0.25) is 0 Å². The lowest BCUT2D eigenvalue weighted by atomic mass is 9.97. The Morgan fingerprint density at radius 1 is 1.18 bits per heavy atom. The maximum Gasteiger partial charge on any atom is 0.223 e. The third-order valence-corrected chi connectivity index (χ3v) is 5.47. The summed E-state index contributed by atoms with van der Waals surface area (Å²) >= 11 is 0. The Balaban J connectivity index is 1.50. The summed E-state index contributed by atoms with van der Waals surface area (Å²) in [5.74, 6) is 0.852. The van der Waals surface area contributed by atoms with Crippen molar-refractivity contribution in [1.29, 1.82) is 0 Å². The van der Waals surface area contributed by atoms with Gasteiger partial charge in [-0.1, -0.05) is 12.1 Å². The number of ether oxygens (including phenoxy) is 1. The topological polar surface area (TPSA) is 76.1 Å². The van der Waals surface area contributed by atoms with E-state index in [1.54, 1.807) is 6.20 Å². The molecule has 0 radical (unpaired) electrons. The van der Waals surface area contributed by atoms with Crippen molar-refractivity contribution in [2.75, 3.05) is 19.7 Å². The monoisotopic (exact) mass is 374 g/mol. The van der Waals surface area contributed by atoms with Crippen molar-refractivity contribution in [3.63, 3.8) is 0 Å². The highest BCUT2D eigenvalue weighted by Gasteiger charge is 2.22. The number of hydrogen-bond acceptors (Lipinski definition) is 5. The summed E-state index contributed by atoms with van der Waals surface area (Å²) in [6.45, 7) is 3.05. The lowest BCUT2D eigenvalue weighted by Crippen LogP contribution is -2.23. The van der Waals surface area contributed by atoms with Crippen LogP contribution in [-0.2, 0) is 17.8 Å². The molecule has 6 heteroatoms. The van der Waals surface area contributed by atoms with Gasteiger partial charge in [0.15, 0.2) is 0 Å². The van der Waals surface area contributed by atoms with Crippen LogP contribution in [0.1, 0.15) is 17.5 Å². The third kappa shape index (κ3) is 3.31. The normalized spacial score (nSPS) is 18.7. The number of aromatic nitrogens is 2. The molecule has 2 aromatic heterocycles. The second-order valence-electron chi connectivity index (χ2n) is 7.48. The maximum atomic E-state index is 11.4. The van der Waals surface area contributed by atoms with E-state index in [1.165, 1.54) is 11.1 Å². The lowest BCUT2D eigenvalue weighted by Gasteiger charge is -2.18. The van der Waals surface area contributed by atoms with Gasteiger partial charge in [0.25, 0.3) is 0 Å². The zero-order valence-electron chi connectivity index (χ0n) is 15.6. The van der Waals surface area contributed by atoms with Crippen LogP contribution in [0.25, 0.3) is 22.2 Å². The largest absolute Gasteiger partial charge is 0.477 e. The van der Waals surface area contributed by atoms with Crippen LogP contribution < -0.4 is 15.4 Å². The van der Waals surface area contributed by atoms with E-state index < -0.39 is 0 Å². The molecule has 1 amide bonds. The molecule has 0 saturated carbocycles. The van der Waals surface area contributed by atoms with Gasteiger partial charge in [0.2, 0.25) is 11.8 Å². The van der Waals surface area contributed by atoms with Gasteiger partial charge in [-0.25, -0.2) is 4.98 Å². The molecule has 28 heavy (non-hydrogen) atoms. The number of hydrogen-bond donors (Lipinski definition) is 2. The van der Waals surface area contributed by atoms with Gasteiger partial charge in [-0.05, 0) is 48.4 Å². The summed E-state index contributed by atoms with van der Waals surface area (Å²) in [4.78, 5) is 20.8. The van der Waals surface area contributed by atoms with Crippen molar-refractivity contribution in [2.45, 2.75) is 19.4 Å². The molecule has 6 nitrogen and oxygen atoms in total. The number of fused-ring (bicyclic) bond motifs is 2. The van der Waals surface area contributed by atoms with Crippen molar-refractivity contribution in [1.82, 2.24) is 20.6 Å². The molecule has 2 aliphatic rings. The first-order valence-corrected chi connectivity index (χ1v) is 9.74. The number of amides is 1. The zero-order valence-corrected chi connectivity index (χ0v) is 15.6. The van der Waals surface area contributed by atoms with Crippen molar-refractivity contribution >= 4 is 16.8 Å². The van der Waals surface area contributed by atoms with Crippen molar-refractivity contribution in [3.05, 3.63) is 53.7 Å². The van der Waals surface area contributed by atoms with Crippen molar-refractivity contribution in [3.8, 4) is 17.1 Å². The molecule has 2 N–H and O–H groups in total. The average Bonchev–Trinajstić information content (AvgIpc) is 3.16. The Morgan fingerprint density at radius 2 is 2.14 bits per heavy atom. The van der Waals surface area contributed by atoms with E-state index in [9.17, 15) is 4.79 Å². The minimum atomic E-state index is 0.0883. The van der Waals surface area contributed by atoms with Gasteiger partial charge in [-0.15, -0.1) is 0 Å². The Kier molecular flexibility index (Phi) is 4.41. The minimum Gasteiger partial charge on any atom is -0.477 e. The van der Waals surface area contributed by atoms with Gasteiger partial charge >= 0.3 is 0 Å². The number of pyridine rings is 2. The molecule has 1 atom stereocenters. The smallest absolute Gasteiger partial charge is 0.223 e. The van der Waals surface area contributed by atoms with E-state index in [0.717, 1.165) is 41.7 Å². The highest BCUT2D eigenvalue weighted by Crippen LogP contribution is 2.30. The summed E-state index contributed by atoms with van der Waals surface area (Å²) in [5, 5.41) is 7.15. The fraction of sp³-hybridized carbons (Fsp3) is 0.318. The molecule has 2 aliphatic heterocycles. The van der Waals surface area contributed by atoms with Crippen LogP contribution in [0.4, 0.5) is 0 Å². The van der Waals surface area contributed by atoms with Crippen LogP contribution >= 0.6 is 0 Å². The van der Waals surface area contributed by atoms with Gasteiger partial charge in [-0.3, -0.25) is 9.78 Å². The quantitative estimate of drug-likeness (QED) is 0.734. The lowest BCUT2D eigenvalue weighted by molar-refractivity contribution is -0.119. The molecule has 142 valence electrons. The summed E-state index contributed by atoms with van der Waals surface area (Å²) in [6.07, 6.45) is 3.32. The SMILES string of the molecule is O=C1CC(COc2nc(-c3ccc4c(c3)CCNC4)cc3ncccc23)CN1. The standard InChI is InChI=1S/C22H22N4O2/c27-21-8-14(11-25-21)13-28-22-18-2-1-6-24-20(18)10-19(26-22)16-3-4-17-12-23-7-5-15(17)9-16/h1-4,6,9-10,14,23H,5,7-8,11-13H2,(H,25,27). The summed E-state index contributed by atoms with van der Waals surface area (Å²) in [5.41, 5.74) is 5.53. The molecule has 1 fully saturated rings. The van der Waals surface area contributed by atoms with Gasteiger partial charge in [0.05, 0.1) is 23.2 Å². The number of benzene rings is 1. The predicted octanol–water partition coefficient (Wildman–Crippen LogP) is 2.46. The van der Waals surface area contributed by atoms with Crippen LogP contribution in [0.15, 0.2) is 42.6 Å². The van der Waals surface area contributed by atoms with Crippen LogP contribution in [0.3, 0.4) is 0 Å². The van der Waals surface area contributed by atoms with Crippen LogP contribution in [-0.4, -0.2) is 35.6 Å². The predicted molar refractivity (Wildman–Crippen MR) is 107 cm³/mol. The molecular weight excluding hydrogens is 352 g/mol. The summed E-state index contributed by atoms with van der Waals surface area (Å²) in [7, 11) is 0. The van der Waals surface area contributed by atoms with Crippen molar-refractivity contribution < 1.29 is 9.53 Å². The van der Waals surface area contributed by atoms with Gasteiger partial charge in [0.1, 0.15) is 0 Å². The highest BCUT2D eigenvalue weighted by molar-refractivity contribution is 5.87. The molecule has 3 aromatic rings. The van der Waals surface area contributed by atoms with E-state index in [1.807, 2.05) is 18.2 Å². The Bertz CT molecular complexity index is 1050. The molecule has 4 heterocycles. The van der Waals surface area contributed by atoms with Gasteiger partial charge in [0, 0.05) is 37.2 Å². The highest BCUT2D eigenvalue weighted by atomic mass is 16.5. The van der Waals surface area contributed by atoms with E-state index in [0.29, 0.717) is 25.5 Å². The van der Waals surface area contributed by atoms with Gasteiger partial charge < -0.3 is 15.4 Å². The molecule has 5 rings (SSSR count). The Labute approximate surface area is 163 Å².